The highest BCUT2D eigenvalue weighted by Crippen LogP contribution is 2.41. The van der Waals surface area contributed by atoms with Crippen molar-refractivity contribution in [3.8, 4) is 0 Å². The predicted molar refractivity (Wildman–Crippen MR) is 102 cm³/mol. The maximum absolute atomic E-state index is 12.3. The third-order valence-electron chi connectivity index (χ3n) is 5.75. The van der Waals surface area contributed by atoms with Crippen molar-refractivity contribution in [1.82, 2.24) is 26.0 Å². The fourth-order valence-corrected chi connectivity index (χ4v) is 4.07. The van der Waals surface area contributed by atoms with Crippen molar-refractivity contribution in [2.24, 2.45) is 15.6 Å². The van der Waals surface area contributed by atoms with Gasteiger partial charge in [-0.05, 0) is 64.0 Å². The van der Waals surface area contributed by atoms with Gasteiger partial charge in [0, 0.05) is 26.2 Å². The lowest BCUT2D eigenvalue weighted by atomic mass is 9.71. The van der Waals surface area contributed by atoms with Crippen LogP contribution >= 0.6 is 0 Å². The van der Waals surface area contributed by atoms with Crippen LogP contribution in [-0.2, 0) is 4.74 Å². The van der Waals surface area contributed by atoms with Gasteiger partial charge in [-0.1, -0.05) is 0 Å². The molecule has 0 aliphatic carbocycles. The Morgan fingerprint density at radius 3 is 2.37 bits per heavy atom. The number of ether oxygens (including phenoxy) is 1. The third kappa shape index (κ3) is 3.87. The van der Waals surface area contributed by atoms with Gasteiger partial charge < -0.3 is 14.5 Å². The molecule has 9 heteroatoms. The summed E-state index contributed by atoms with van der Waals surface area (Å²) in [7, 11) is 0. The van der Waals surface area contributed by atoms with Crippen molar-refractivity contribution in [2.45, 2.75) is 52.1 Å². The third-order valence-corrected chi connectivity index (χ3v) is 5.75. The van der Waals surface area contributed by atoms with Gasteiger partial charge >= 0.3 is 6.09 Å². The van der Waals surface area contributed by atoms with Crippen LogP contribution in [0.2, 0.25) is 0 Å². The quantitative estimate of drug-likeness (QED) is 0.669. The van der Waals surface area contributed by atoms with E-state index in [-0.39, 0.29) is 6.09 Å². The number of hydrogen-bond acceptors (Lipinski definition) is 8. The topological polar surface area (TPSA) is 84.8 Å². The van der Waals surface area contributed by atoms with Gasteiger partial charge in [0.05, 0.1) is 0 Å². The Morgan fingerprint density at radius 2 is 1.70 bits per heavy atom. The second-order valence-corrected chi connectivity index (χ2v) is 8.75. The van der Waals surface area contributed by atoms with E-state index < -0.39 is 5.60 Å². The maximum Gasteiger partial charge on any atom is 0.410 e. The molecular weight excluding hydrogens is 346 g/mol. The first kappa shape index (κ1) is 18.1. The standard InChI is InChI=1S/C18H29N7O2/c1-17(2,3)27-16(26)24-12-8-18(9-13-24)6-10-23(11-7-18)15-5-4-14-19-21-22-25(14)20-15/h4-5,21-22H,6-13H2,1-3H3. The smallest absolute Gasteiger partial charge is 0.410 e. The molecule has 9 nitrogen and oxygen atoms in total. The van der Waals surface area contributed by atoms with Crippen molar-refractivity contribution in [3.05, 3.63) is 12.2 Å². The Bertz CT molecular complexity index is 676. The van der Waals surface area contributed by atoms with E-state index in [9.17, 15) is 4.79 Å². The monoisotopic (exact) mass is 375 g/mol. The number of carbonyl (C=O) groups excluding carboxylic acids is 1. The summed E-state index contributed by atoms with van der Waals surface area (Å²) in [6, 6.07) is 0. The molecule has 0 radical (unpaired) electrons. The van der Waals surface area contributed by atoms with Crippen molar-refractivity contribution >= 4 is 17.8 Å². The number of nitrogens with one attached hydrogen (secondary N) is 2. The highest BCUT2D eigenvalue weighted by Gasteiger charge is 2.40. The zero-order valence-corrected chi connectivity index (χ0v) is 16.4. The van der Waals surface area contributed by atoms with E-state index in [1.54, 1.807) is 5.12 Å². The van der Waals surface area contributed by atoms with Crippen LogP contribution in [-0.4, -0.2) is 64.5 Å². The van der Waals surface area contributed by atoms with Crippen LogP contribution < -0.4 is 11.1 Å². The molecule has 148 valence electrons. The summed E-state index contributed by atoms with van der Waals surface area (Å²) in [6.07, 6.45) is 8.17. The Hall–Kier alpha value is -2.29. The van der Waals surface area contributed by atoms with Gasteiger partial charge in [-0.25, -0.2) is 10.3 Å². The Morgan fingerprint density at radius 1 is 1.07 bits per heavy atom. The average Bonchev–Trinajstić information content (AvgIpc) is 3.09. The molecule has 27 heavy (non-hydrogen) atoms. The van der Waals surface area contributed by atoms with Crippen LogP contribution in [0.5, 0.6) is 0 Å². The van der Waals surface area contributed by atoms with Crippen molar-refractivity contribution in [3.63, 3.8) is 0 Å². The van der Waals surface area contributed by atoms with E-state index in [4.69, 9.17) is 4.74 Å². The van der Waals surface area contributed by atoms with Crippen molar-refractivity contribution < 1.29 is 9.53 Å². The van der Waals surface area contributed by atoms with Gasteiger partial charge in [0.25, 0.3) is 0 Å². The van der Waals surface area contributed by atoms with Gasteiger partial charge in [-0.3, -0.25) is 0 Å². The predicted octanol–water partition coefficient (Wildman–Crippen LogP) is 1.62. The minimum absolute atomic E-state index is 0.180. The zero-order valence-electron chi connectivity index (χ0n) is 16.4. The second-order valence-electron chi connectivity index (χ2n) is 8.75. The zero-order chi connectivity index (χ0) is 19.1. The normalized spacial score (nSPS) is 24.3. The van der Waals surface area contributed by atoms with Crippen LogP contribution in [0.3, 0.4) is 0 Å². The summed E-state index contributed by atoms with van der Waals surface area (Å²) >= 11 is 0. The molecule has 4 aliphatic heterocycles. The minimum Gasteiger partial charge on any atom is -0.444 e. The van der Waals surface area contributed by atoms with Crippen LogP contribution in [0.1, 0.15) is 46.5 Å². The average molecular weight is 375 g/mol. The molecule has 0 unspecified atom stereocenters. The number of hydrazone groups is 2. The number of carbonyl (C=O) groups is 1. The molecule has 4 rings (SSSR count). The lowest BCUT2D eigenvalue weighted by molar-refractivity contribution is 0.00191. The number of likely N-dealkylation sites (tertiary alicyclic amines) is 2. The number of rotatable bonds is 0. The van der Waals surface area contributed by atoms with Crippen LogP contribution in [0, 0.1) is 5.41 Å². The molecular formula is C18H29N7O2. The van der Waals surface area contributed by atoms with Gasteiger partial charge in [0.1, 0.15) is 5.60 Å². The van der Waals surface area contributed by atoms with E-state index in [1.165, 1.54) is 0 Å². The van der Waals surface area contributed by atoms with Crippen LogP contribution in [0.15, 0.2) is 22.4 Å². The highest BCUT2D eigenvalue weighted by atomic mass is 16.6. The van der Waals surface area contributed by atoms with Gasteiger partial charge in [-0.2, -0.15) is 5.12 Å². The first-order valence-electron chi connectivity index (χ1n) is 9.72. The molecule has 1 amide bonds. The molecule has 1 spiro atoms. The molecule has 2 N–H and O–H groups in total. The lowest BCUT2D eigenvalue weighted by Gasteiger charge is -2.47. The molecule has 0 saturated carbocycles. The first-order valence-corrected chi connectivity index (χ1v) is 9.72. The summed E-state index contributed by atoms with van der Waals surface area (Å²) < 4.78 is 5.51. The molecule has 4 aliphatic rings. The number of fused-ring (bicyclic) bond motifs is 1. The van der Waals surface area contributed by atoms with Crippen LogP contribution in [0.25, 0.3) is 0 Å². The SMILES string of the molecule is CC(C)(C)OC(=O)N1CCC2(CC1)CCN(C1=NN3NNN=C3C=C1)CC2. The molecule has 0 bridgehead atoms. The maximum atomic E-state index is 12.3. The van der Waals surface area contributed by atoms with Gasteiger partial charge in [0.2, 0.25) is 0 Å². The van der Waals surface area contributed by atoms with E-state index in [0.29, 0.717) is 5.41 Å². The first-order chi connectivity index (χ1) is 12.8. The van der Waals surface area contributed by atoms with Crippen LogP contribution in [0.4, 0.5) is 4.79 Å². The molecule has 0 aromatic heterocycles. The Kier molecular flexibility index (Phi) is 4.49. The summed E-state index contributed by atoms with van der Waals surface area (Å²) in [4.78, 5) is 16.5. The lowest BCUT2D eigenvalue weighted by Crippen LogP contribution is -2.50. The summed E-state index contributed by atoms with van der Waals surface area (Å²) in [5.74, 6) is 1.73. The van der Waals surface area contributed by atoms with E-state index >= 15 is 0 Å². The fraction of sp³-hybridized carbons (Fsp3) is 0.722. The largest absolute Gasteiger partial charge is 0.444 e. The number of hydrogen-bond donors (Lipinski definition) is 2. The molecule has 4 heterocycles. The van der Waals surface area contributed by atoms with Crippen molar-refractivity contribution in [1.29, 1.82) is 0 Å². The van der Waals surface area contributed by atoms with E-state index in [2.05, 4.69) is 26.2 Å². The van der Waals surface area contributed by atoms with Crippen molar-refractivity contribution in [2.75, 3.05) is 26.2 Å². The molecule has 2 fully saturated rings. The van der Waals surface area contributed by atoms with Gasteiger partial charge in [0.15, 0.2) is 11.7 Å². The van der Waals surface area contributed by atoms with E-state index in [1.807, 2.05) is 37.8 Å². The second kappa shape index (κ2) is 6.70. The molecule has 0 aromatic carbocycles. The molecule has 0 aromatic rings. The fourth-order valence-electron chi connectivity index (χ4n) is 4.07. The summed E-state index contributed by atoms with van der Waals surface area (Å²) in [5, 5.41) is 10.3. The molecule has 0 atom stereocenters. The minimum atomic E-state index is -0.434. The van der Waals surface area contributed by atoms with Gasteiger partial charge in [-0.15, -0.1) is 15.7 Å². The Labute approximate surface area is 160 Å². The number of amides is 1. The number of nitrogens with zero attached hydrogens (tertiary/aromatic N) is 5. The summed E-state index contributed by atoms with van der Waals surface area (Å²) in [6.45, 7) is 9.30. The summed E-state index contributed by atoms with van der Waals surface area (Å²) in [5.41, 5.74) is 5.49. The molecule has 2 saturated heterocycles. The number of piperidine rings is 2. The number of hydrazine groups is 2. The van der Waals surface area contributed by atoms with E-state index in [0.717, 1.165) is 63.5 Å². The Balaban J connectivity index is 1.29. The highest BCUT2D eigenvalue weighted by molar-refractivity contribution is 6.05. The number of amidine groups is 2.